The third-order valence-corrected chi connectivity index (χ3v) is 3.40. The lowest BCUT2D eigenvalue weighted by atomic mass is 10.1. The molecule has 1 amide bonds. The molecule has 1 rings (SSSR count). The highest BCUT2D eigenvalue weighted by Crippen LogP contribution is 2.11. The standard InChI is InChI=1S/C20H29NO5/c1-5-9-16(19(24)26-20(2,3)4)21-17(22)12-13-18(23)25-14-15-10-7-6-8-11-15/h6-8,10-11,16H,5,9,12-14H2,1-4H3,(H,21,22)/t16-/m0/s1. The molecular formula is C20H29NO5. The summed E-state index contributed by atoms with van der Waals surface area (Å²) in [7, 11) is 0. The first-order valence-electron chi connectivity index (χ1n) is 8.93. The fourth-order valence-corrected chi connectivity index (χ4v) is 2.20. The number of carbonyl (C=O) groups excluding carboxylic acids is 3. The van der Waals surface area contributed by atoms with Gasteiger partial charge in [-0.2, -0.15) is 0 Å². The summed E-state index contributed by atoms with van der Waals surface area (Å²) in [5, 5.41) is 2.65. The van der Waals surface area contributed by atoms with Crippen molar-refractivity contribution in [3.8, 4) is 0 Å². The molecule has 0 bridgehead atoms. The SMILES string of the molecule is CCC[C@H](NC(=O)CCC(=O)OCc1ccccc1)C(=O)OC(C)(C)C. The molecule has 1 N–H and O–H groups in total. The molecule has 0 heterocycles. The molecule has 0 spiro atoms. The molecule has 0 radical (unpaired) electrons. The van der Waals surface area contributed by atoms with Gasteiger partial charge >= 0.3 is 11.9 Å². The molecule has 6 heteroatoms. The summed E-state index contributed by atoms with van der Waals surface area (Å²) >= 11 is 0. The Balaban J connectivity index is 2.40. The average Bonchev–Trinajstić information content (AvgIpc) is 2.57. The molecule has 26 heavy (non-hydrogen) atoms. The maximum atomic E-state index is 12.2. The van der Waals surface area contributed by atoms with Crippen LogP contribution in [0.1, 0.15) is 58.9 Å². The Hall–Kier alpha value is -2.37. The summed E-state index contributed by atoms with van der Waals surface area (Å²) in [5.41, 5.74) is 0.271. The predicted octanol–water partition coefficient (Wildman–Crippen LogP) is 3.14. The van der Waals surface area contributed by atoms with Gasteiger partial charge < -0.3 is 14.8 Å². The van der Waals surface area contributed by atoms with Crippen molar-refractivity contribution in [2.45, 2.75) is 71.6 Å². The fraction of sp³-hybridized carbons (Fsp3) is 0.550. The average molecular weight is 363 g/mol. The van der Waals surface area contributed by atoms with E-state index in [9.17, 15) is 14.4 Å². The number of hydrogen-bond donors (Lipinski definition) is 1. The van der Waals surface area contributed by atoms with E-state index in [2.05, 4.69) is 5.32 Å². The summed E-state index contributed by atoms with van der Waals surface area (Å²) in [6, 6.07) is 8.62. The number of hydrogen-bond acceptors (Lipinski definition) is 5. The van der Waals surface area contributed by atoms with E-state index < -0.39 is 23.6 Å². The number of benzene rings is 1. The van der Waals surface area contributed by atoms with Crippen LogP contribution in [0.3, 0.4) is 0 Å². The van der Waals surface area contributed by atoms with E-state index in [0.717, 1.165) is 12.0 Å². The molecule has 1 atom stereocenters. The smallest absolute Gasteiger partial charge is 0.329 e. The molecule has 0 unspecified atom stereocenters. The zero-order valence-corrected chi connectivity index (χ0v) is 16.0. The van der Waals surface area contributed by atoms with E-state index in [1.807, 2.05) is 37.3 Å². The van der Waals surface area contributed by atoms with Gasteiger partial charge in [0.25, 0.3) is 0 Å². The van der Waals surface area contributed by atoms with Gasteiger partial charge in [0.15, 0.2) is 0 Å². The quantitative estimate of drug-likeness (QED) is 0.682. The topological polar surface area (TPSA) is 81.7 Å². The van der Waals surface area contributed by atoms with E-state index in [0.29, 0.717) is 6.42 Å². The van der Waals surface area contributed by atoms with Crippen LogP contribution < -0.4 is 5.32 Å². The van der Waals surface area contributed by atoms with Crippen molar-refractivity contribution >= 4 is 17.8 Å². The minimum atomic E-state index is -0.702. The molecule has 1 aromatic carbocycles. The number of nitrogens with one attached hydrogen (secondary N) is 1. The van der Waals surface area contributed by atoms with Gasteiger partial charge in [-0.05, 0) is 32.8 Å². The van der Waals surface area contributed by atoms with Gasteiger partial charge in [-0.1, -0.05) is 43.7 Å². The summed E-state index contributed by atoms with van der Waals surface area (Å²) in [4.78, 5) is 36.0. The molecule has 144 valence electrons. The second kappa shape index (κ2) is 10.6. The van der Waals surface area contributed by atoms with E-state index in [4.69, 9.17) is 9.47 Å². The Bertz CT molecular complexity index is 592. The molecule has 0 aliphatic carbocycles. The highest BCUT2D eigenvalue weighted by molar-refractivity contribution is 5.86. The van der Waals surface area contributed by atoms with Crippen LogP contribution in [0.25, 0.3) is 0 Å². The van der Waals surface area contributed by atoms with Crippen LogP contribution in [0.2, 0.25) is 0 Å². The number of rotatable bonds is 9. The minimum Gasteiger partial charge on any atom is -0.461 e. The maximum absolute atomic E-state index is 12.2. The second-order valence-electron chi connectivity index (χ2n) is 7.09. The first kappa shape index (κ1) is 21.7. The van der Waals surface area contributed by atoms with E-state index >= 15 is 0 Å². The second-order valence-corrected chi connectivity index (χ2v) is 7.09. The molecule has 6 nitrogen and oxygen atoms in total. The van der Waals surface area contributed by atoms with Crippen molar-refractivity contribution in [1.29, 1.82) is 0 Å². The summed E-state index contributed by atoms with van der Waals surface area (Å²) in [5.74, 6) is -1.28. The zero-order chi connectivity index (χ0) is 19.6. The Labute approximate surface area is 155 Å². The monoisotopic (exact) mass is 363 g/mol. The predicted molar refractivity (Wildman–Crippen MR) is 98.2 cm³/mol. The van der Waals surface area contributed by atoms with E-state index in [1.165, 1.54) is 0 Å². The van der Waals surface area contributed by atoms with Crippen LogP contribution >= 0.6 is 0 Å². The maximum Gasteiger partial charge on any atom is 0.329 e. The van der Waals surface area contributed by atoms with Crippen molar-refractivity contribution in [2.75, 3.05) is 0 Å². The highest BCUT2D eigenvalue weighted by Gasteiger charge is 2.26. The lowest BCUT2D eigenvalue weighted by Gasteiger charge is -2.24. The van der Waals surface area contributed by atoms with Crippen LogP contribution in [0, 0.1) is 0 Å². The van der Waals surface area contributed by atoms with Gasteiger partial charge in [0, 0.05) is 6.42 Å². The van der Waals surface area contributed by atoms with Crippen LogP contribution in [0.5, 0.6) is 0 Å². The molecule has 1 aromatic rings. The third kappa shape index (κ3) is 9.20. The molecule has 0 aliphatic rings. The van der Waals surface area contributed by atoms with E-state index in [1.54, 1.807) is 20.8 Å². The molecular weight excluding hydrogens is 334 g/mol. The Kier molecular flexibility index (Phi) is 8.82. The summed E-state index contributed by atoms with van der Waals surface area (Å²) in [6.07, 6.45) is 1.14. The van der Waals surface area contributed by atoms with Crippen molar-refractivity contribution in [3.05, 3.63) is 35.9 Å². The lowest BCUT2D eigenvalue weighted by Crippen LogP contribution is -2.44. The normalized spacial score (nSPS) is 12.2. The zero-order valence-electron chi connectivity index (χ0n) is 16.0. The molecule has 0 fully saturated rings. The molecule has 0 aromatic heterocycles. The first-order chi connectivity index (χ1) is 12.2. The van der Waals surface area contributed by atoms with Crippen molar-refractivity contribution < 1.29 is 23.9 Å². The van der Waals surface area contributed by atoms with Crippen molar-refractivity contribution in [2.24, 2.45) is 0 Å². The van der Waals surface area contributed by atoms with Crippen LogP contribution in [0.4, 0.5) is 0 Å². The Morgan fingerprint density at radius 3 is 2.31 bits per heavy atom. The minimum absolute atomic E-state index is 0.0311. The lowest BCUT2D eigenvalue weighted by molar-refractivity contribution is -0.158. The van der Waals surface area contributed by atoms with Crippen molar-refractivity contribution in [3.63, 3.8) is 0 Å². The van der Waals surface area contributed by atoms with Gasteiger partial charge in [0.1, 0.15) is 18.2 Å². The van der Waals surface area contributed by atoms with Gasteiger partial charge in [-0.3, -0.25) is 9.59 Å². The highest BCUT2D eigenvalue weighted by atomic mass is 16.6. The van der Waals surface area contributed by atoms with Gasteiger partial charge in [0.2, 0.25) is 5.91 Å². The number of ether oxygens (including phenoxy) is 2. The molecule has 0 saturated carbocycles. The number of esters is 2. The van der Waals surface area contributed by atoms with Gasteiger partial charge in [0.05, 0.1) is 6.42 Å². The molecule has 0 saturated heterocycles. The van der Waals surface area contributed by atoms with E-state index in [-0.39, 0.29) is 25.4 Å². The van der Waals surface area contributed by atoms with Crippen LogP contribution in [0.15, 0.2) is 30.3 Å². The van der Waals surface area contributed by atoms with Crippen molar-refractivity contribution in [1.82, 2.24) is 5.32 Å². The summed E-state index contributed by atoms with van der Waals surface area (Å²) < 4.78 is 10.5. The Morgan fingerprint density at radius 1 is 1.08 bits per heavy atom. The fourth-order valence-electron chi connectivity index (χ4n) is 2.20. The van der Waals surface area contributed by atoms with Crippen LogP contribution in [-0.4, -0.2) is 29.5 Å². The number of amides is 1. The molecule has 0 aliphatic heterocycles. The largest absolute Gasteiger partial charge is 0.461 e. The third-order valence-electron chi connectivity index (χ3n) is 3.40. The van der Waals surface area contributed by atoms with Crippen LogP contribution in [-0.2, 0) is 30.5 Å². The Morgan fingerprint density at radius 2 is 1.73 bits per heavy atom. The number of carbonyl (C=O) groups is 3. The first-order valence-corrected chi connectivity index (χ1v) is 8.93. The summed E-state index contributed by atoms with van der Waals surface area (Å²) in [6.45, 7) is 7.43. The van der Waals surface area contributed by atoms with Gasteiger partial charge in [-0.15, -0.1) is 0 Å². The van der Waals surface area contributed by atoms with Gasteiger partial charge in [-0.25, -0.2) is 4.79 Å².